The van der Waals surface area contributed by atoms with Crippen molar-refractivity contribution in [3.05, 3.63) is 35.4 Å². The van der Waals surface area contributed by atoms with E-state index in [0.717, 1.165) is 19.1 Å². The lowest BCUT2D eigenvalue weighted by atomic mass is 9.91. The van der Waals surface area contributed by atoms with Gasteiger partial charge in [-0.15, -0.1) is 0 Å². The summed E-state index contributed by atoms with van der Waals surface area (Å²) in [5, 5.41) is 3.85. The predicted octanol–water partition coefficient (Wildman–Crippen LogP) is 4.09. The van der Waals surface area contributed by atoms with Crippen LogP contribution in [0.1, 0.15) is 63.0 Å². The molecule has 0 spiro atoms. The summed E-state index contributed by atoms with van der Waals surface area (Å²) in [5.74, 6) is 0. The highest BCUT2D eigenvalue weighted by Gasteiger charge is 2.31. The molecule has 1 saturated carbocycles. The van der Waals surface area contributed by atoms with E-state index < -0.39 is 0 Å². The average molecular weight is 286 g/mol. The molecule has 2 unspecified atom stereocenters. The van der Waals surface area contributed by atoms with Crippen LogP contribution in [0.3, 0.4) is 0 Å². The molecule has 1 fully saturated rings. The monoisotopic (exact) mass is 286 g/mol. The Bertz CT molecular complexity index is 416. The van der Waals surface area contributed by atoms with E-state index in [1.807, 2.05) is 0 Å². The largest absolute Gasteiger partial charge is 0.312 e. The van der Waals surface area contributed by atoms with Gasteiger partial charge in [0, 0.05) is 25.2 Å². The van der Waals surface area contributed by atoms with Crippen molar-refractivity contribution in [3.63, 3.8) is 0 Å². The summed E-state index contributed by atoms with van der Waals surface area (Å²) in [6, 6.07) is 10.4. The molecule has 0 amide bonds. The van der Waals surface area contributed by atoms with Crippen LogP contribution in [-0.4, -0.2) is 23.5 Å². The van der Waals surface area contributed by atoms with E-state index >= 15 is 0 Å². The first-order valence-corrected chi connectivity index (χ1v) is 8.92. The molecule has 2 aliphatic rings. The van der Waals surface area contributed by atoms with Crippen LogP contribution in [0.2, 0.25) is 0 Å². The first kappa shape index (κ1) is 15.1. The van der Waals surface area contributed by atoms with Crippen LogP contribution in [0.25, 0.3) is 0 Å². The summed E-state index contributed by atoms with van der Waals surface area (Å²) in [6.45, 7) is 5.76. The summed E-state index contributed by atoms with van der Waals surface area (Å²) in [6.07, 6.45) is 9.63. The van der Waals surface area contributed by atoms with Gasteiger partial charge in [-0.1, -0.05) is 56.9 Å². The maximum absolute atomic E-state index is 3.85. The summed E-state index contributed by atoms with van der Waals surface area (Å²) < 4.78 is 0. The Balaban J connectivity index is 1.70. The summed E-state index contributed by atoms with van der Waals surface area (Å²) in [4.78, 5) is 2.74. The lowest BCUT2D eigenvalue weighted by molar-refractivity contribution is 0.132. The van der Waals surface area contributed by atoms with Gasteiger partial charge in [0.15, 0.2) is 0 Å². The molecule has 1 aliphatic carbocycles. The number of nitrogens with zero attached hydrogens (tertiary/aromatic N) is 1. The van der Waals surface area contributed by atoms with Gasteiger partial charge in [-0.2, -0.15) is 0 Å². The van der Waals surface area contributed by atoms with Gasteiger partial charge < -0.3 is 5.32 Å². The first-order chi connectivity index (χ1) is 10.4. The zero-order valence-electron chi connectivity index (χ0n) is 13.5. The van der Waals surface area contributed by atoms with Crippen LogP contribution in [0.4, 0.5) is 0 Å². The minimum absolute atomic E-state index is 0.694. The van der Waals surface area contributed by atoms with Gasteiger partial charge in [-0.05, 0) is 36.9 Å². The van der Waals surface area contributed by atoms with Crippen LogP contribution in [-0.2, 0) is 13.1 Å². The molecule has 2 atom stereocenters. The molecule has 0 aromatic heterocycles. The fraction of sp³-hybridized carbons (Fsp3) is 0.684. The number of benzene rings is 1. The molecule has 1 aliphatic heterocycles. The first-order valence-electron chi connectivity index (χ1n) is 8.92. The number of rotatable bonds is 4. The molecular formula is C19H30N2. The minimum atomic E-state index is 0.694. The van der Waals surface area contributed by atoms with Crippen molar-refractivity contribution < 1.29 is 0 Å². The van der Waals surface area contributed by atoms with E-state index in [1.165, 1.54) is 51.5 Å². The second-order valence-electron chi connectivity index (χ2n) is 6.79. The molecular weight excluding hydrogens is 256 g/mol. The van der Waals surface area contributed by atoms with E-state index in [4.69, 9.17) is 0 Å². The molecule has 1 N–H and O–H groups in total. The summed E-state index contributed by atoms with van der Waals surface area (Å²) in [7, 11) is 0. The maximum atomic E-state index is 3.85. The normalized spacial score (nSPS) is 27.1. The third-order valence-corrected chi connectivity index (χ3v) is 5.22. The van der Waals surface area contributed by atoms with Crippen molar-refractivity contribution in [3.8, 4) is 0 Å². The second-order valence-corrected chi connectivity index (χ2v) is 6.79. The number of fused-ring (bicyclic) bond motifs is 1. The molecule has 116 valence electrons. The highest BCUT2D eigenvalue weighted by Crippen LogP contribution is 2.30. The van der Waals surface area contributed by atoms with Gasteiger partial charge >= 0.3 is 0 Å². The lowest BCUT2D eigenvalue weighted by Crippen LogP contribution is -2.49. The van der Waals surface area contributed by atoms with Gasteiger partial charge in [0.25, 0.3) is 0 Å². The maximum Gasteiger partial charge on any atom is 0.0256 e. The lowest BCUT2D eigenvalue weighted by Gasteiger charge is -2.36. The number of nitrogens with one attached hydrogen (secondary N) is 1. The molecule has 1 aromatic carbocycles. The van der Waals surface area contributed by atoms with Crippen molar-refractivity contribution >= 4 is 0 Å². The summed E-state index contributed by atoms with van der Waals surface area (Å²) in [5.41, 5.74) is 3.10. The Kier molecular flexibility index (Phi) is 5.32. The van der Waals surface area contributed by atoms with Crippen molar-refractivity contribution in [2.45, 2.75) is 77.0 Å². The molecule has 0 saturated heterocycles. The Morgan fingerprint density at radius 2 is 1.67 bits per heavy atom. The van der Waals surface area contributed by atoms with Gasteiger partial charge in [-0.25, -0.2) is 0 Å². The zero-order chi connectivity index (χ0) is 14.5. The average Bonchev–Trinajstić information content (AvgIpc) is 2.90. The van der Waals surface area contributed by atoms with Crippen molar-refractivity contribution in [2.75, 3.05) is 6.54 Å². The molecule has 3 rings (SSSR count). The predicted molar refractivity (Wildman–Crippen MR) is 89.3 cm³/mol. The molecule has 21 heavy (non-hydrogen) atoms. The van der Waals surface area contributed by atoms with Crippen LogP contribution < -0.4 is 5.32 Å². The smallest absolute Gasteiger partial charge is 0.0256 e. The number of hydrogen-bond donors (Lipinski definition) is 1. The van der Waals surface area contributed by atoms with Gasteiger partial charge in [0.2, 0.25) is 0 Å². The highest BCUT2D eigenvalue weighted by atomic mass is 15.2. The van der Waals surface area contributed by atoms with E-state index in [0.29, 0.717) is 6.04 Å². The molecule has 1 heterocycles. The Labute approximate surface area is 129 Å². The van der Waals surface area contributed by atoms with E-state index in [1.54, 1.807) is 11.1 Å². The standard InChI is InChI=1S/C19H30N2/c1-2-13-20-18-11-5-3-4-6-12-19(18)21-14-16-9-7-8-10-17(16)15-21/h7-10,18-20H,2-6,11-15H2,1H3. The Morgan fingerprint density at radius 3 is 2.33 bits per heavy atom. The van der Waals surface area contributed by atoms with Gasteiger partial charge in [-0.3, -0.25) is 4.90 Å². The summed E-state index contributed by atoms with van der Waals surface area (Å²) >= 11 is 0. The minimum Gasteiger partial charge on any atom is -0.312 e. The SMILES string of the molecule is CCCNC1CCCCCCC1N1Cc2ccccc2C1. The molecule has 1 aromatic rings. The third kappa shape index (κ3) is 3.67. The second kappa shape index (κ2) is 7.42. The Hall–Kier alpha value is -0.860. The van der Waals surface area contributed by atoms with Crippen LogP contribution in [0.15, 0.2) is 24.3 Å². The van der Waals surface area contributed by atoms with Crippen molar-refractivity contribution in [2.24, 2.45) is 0 Å². The molecule has 2 nitrogen and oxygen atoms in total. The third-order valence-electron chi connectivity index (χ3n) is 5.22. The van der Waals surface area contributed by atoms with E-state index in [2.05, 4.69) is 41.4 Å². The van der Waals surface area contributed by atoms with Crippen LogP contribution >= 0.6 is 0 Å². The Morgan fingerprint density at radius 1 is 1.00 bits per heavy atom. The fourth-order valence-electron chi connectivity index (χ4n) is 4.06. The number of hydrogen-bond acceptors (Lipinski definition) is 2. The molecule has 2 heteroatoms. The quantitative estimate of drug-likeness (QED) is 0.896. The molecule has 0 bridgehead atoms. The molecule has 0 radical (unpaired) electrons. The van der Waals surface area contributed by atoms with Crippen molar-refractivity contribution in [1.29, 1.82) is 0 Å². The van der Waals surface area contributed by atoms with Gasteiger partial charge in [0.05, 0.1) is 0 Å². The van der Waals surface area contributed by atoms with E-state index in [9.17, 15) is 0 Å². The van der Waals surface area contributed by atoms with Crippen molar-refractivity contribution in [1.82, 2.24) is 10.2 Å². The fourth-order valence-corrected chi connectivity index (χ4v) is 4.06. The zero-order valence-corrected chi connectivity index (χ0v) is 13.5. The van der Waals surface area contributed by atoms with Gasteiger partial charge in [0.1, 0.15) is 0 Å². The topological polar surface area (TPSA) is 15.3 Å². The van der Waals surface area contributed by atoms with Crippen LogP contribution in [0, 0.1) is 0 Å². The van der Waals surface area contributed by atoms with E-state index in [-0.39, 0.29) is 0 Å². The highest BCUT2D eigenvalue weighted by molar-refractivity contribution is 5.30. The van der Waals surface area contributed by atoms with Crippen LogP contribution in [0.5, 0.6) is 0 Å².